The molecule has 0 aliphatic carbocycles. The number of amides is 1. The lowest BCUT2D eigenvalue weighted by atomic mass is 10.2. The molecule has 6 heteroatoms. The summed E-state index contributed by atoms with van der Waals surface area (Å²) in [6.07, 6.45) is 0.379. The molecule has 1 amide bonds. The summed E-state index contributed by atoms with van der Waals surface area (Å²) in [5.41, 5.74) is 0. The summed E-state index contributed by atoms with van der Waals surface area (Å²) < 4.78 is 13.5. The second kappa shape index (κ2) is 9.05. The molecule has 0 radical (unpaired) electrons. The van der Waals surface area contributed by atoms with E-state index in [0.717, 1.165) is 0 Å². The smallest absolute Gasteiger partial charge is 0.220 e. The van der Waals surface area contributed by atoms with E-state index < -0.39 is 0 Å². The molecule has 23 heavy (non-hydrogen) atoms. The molecule has 2 rings (SSSR count). The van der Waals surface area contributed by atoms with Crippen LogP contribution in [0.1, 0.15) is 17.3 Å². The van der Waals surface area contributed by atoms with E-state index in [9.17, 15) is 9.18 Å². The molecule has 1 aromatic heterocycles. The fourth-order valence-corrected chi connectivity index (χ4v) is 3.94. The number of thiophene rings is 1. The Morgan fingerprint density at radius 2 is 2.09 bits per heavy atom. The average molecular weight is 353 g/mol. The van der Waals surface area contributed by atoms with E-state index in [1.54, 1.807) is 29.5 Å². The third-order valence-electron chi connectivity index (χ3n) is 3.41. The van der Waals surface area contributed by atoms with Crippen LogP contribution in [0.15, 0.2) is 46.7 Å². The number of nitrogens with one attached hydrogen (secondary N) is 1. The minimum Gasteiger partial charge on any atom is -0.354 e. The van der Waals surface area contributed by atoms with Crippen molar-refractivity contribution in [3.05, 3.63) is 52.5 Å². The first-order chi connectivity index (χ1) is 11.1. The molecular formula is C17H21FN2OS2. The van der Waals surface area contributed by atoms with E-state index in [-0.39, 0.29) is 17.8 Å². The molecule has 0 spiro atoms. The molecule has 1 aromatic carbocycles. The third kappa shape index (κ3) is 5.64. The van der Waals surface area contributed by atoms with Crippen LogP contribution in [0.25, 0.3) is 0 Å². The van der Waals surface area contributed by atoms with Crippen molar-refractivity contribution >= 4 is 29.0 Å². The highest BCUT2D eigenvalue weighted by Crippen LogP contribution is 2.23. The van der Waals surface area contributed by atoms with Gasteiger partial charge in [0.15, 0.2) is 0 Å². The minimum absolute atomic E-state index is 0.00255. The number of likely N-dealkylation sites (N-methyl/N-ethyl adjacent to an activating group) is 1. The molecule has 124 valence electrons. The number of carbonyl (C=O) groups is 1. The summed E-state index contributed by atoms with van der Waals surface area (Å²) in [7, 11) is 4.01. The van der Waals surface area contributed by atoms with Gasteiger partial charge in [0.05, 0.1) is 6.04 Å². The Morgan fingerprint density at radius 3 is 2.74 bits per heavy atom. The Balaban J connectivity index is 1.75. The second-order valence-corrected chi connectivity index (χ2v) is 7.44. The van der Waals surface area contributed by atoms with Gasteiger partial charge in [-0.1, -0.05) is 18.2 Å². The Hall–Kier alpha value is -1.37. The first-order valence-electron chi connectivity index (χ1n) is 7.42. The fourth-order valence-electron chi connectivity index (χ4n) is 2.13. The van der Waals surface area contributed by atoms with E-state index >= 15 is 0 Å². The Labute approximate surface area is 144 Å². The summed E-state index contributed by atoms with van der Waals surface area (Å²) >= 11 is 3.06. The molecule has 0 aliphatic rings. The fraction of sp³-hybridized carbons (Fsp3) is 0.353. The van der Waals surface area contributed by atoms with E-state index in [4.69, 9.17) is 0 Å². The monoisotopic (exact) mass is 352 g/mol. The molecular weight excluding hydrogens is 331 g/mol. The highest BCUT2D eigenvalue weighted by atomic mass is 32.2. The van der Waals surface area contributed by atoms with Crippen molar-refractivity contribution in [3.8, 4) is 0 Å². The molecule has 1 heterocycles. The average Bonchev–Trinajstić information content (AvgIpc) is 3.03. The summed E-state index contributed by atoms with van der Waals surface area (Å²) in [6.45, 7) is 0.580. The van der Waals surface area contributed by atoms with Gasteiger partial charge in [0.25, 0.3) is 0 Å². The lowest BCUT2D eigenvalue weighted by Crippen LogP contribution is -2.34. The van der Waals surface area contributed by atoms with Crippen molar-refractivity contribution in [3.63, 3.8) is 0 Å². The number of carbonyl (C=O) groups excluding carboxylic acids is 1. The maximum Gasteiger partial charge on any atom is 0.220 e. The molecule has 1 unspecified atom stereocenters. The predicted molar refractivity (Wildman–Crippen MR) is 95.5 cm³/mol. The highest BCUT2D eigenvalue weighted by molar-refractivity contribution is 7.99. The molecule has 1 N–H and O–H groups in total. The van der Waals surface area contributed by atoms with Gasteiger partial charge < -0.3 is 10.2 Å². The number of rotatable bonds is 8. The predicted octanol–water partition coefficient (Wildman–Crippen LogP) is 3.79. The minimum atomic E-state index is -0.233. The van der Waals surface area contributed by atoms with Crippen molar-refractivity contribution in [2.24, 2.45) is 0 Å². The Kier molecular flexibility index (Phi) is 7.08. The zero-order chi connectivity index (χ0) is 16.7. The number of hydrogen-bond donors (Lipinski definition) is 1. The van der Waals surface area contributed by atoms with Gasteiger partial charge in [-0.3, -0.25) is 4.79 Å². The Bertz CT molecular complexity index is 617. The first kappa shape index (κ1) is 18.0. The molecule has 3 nitrogen and oxygen atoms in total. The topological polar surface area (TPSA) is 32.3 Å². The third-order valence-corrected chi connectivity index (χ3v) is 5.43. The summed E-state index contributed by atoms with van der Waals surface area (Å²) in [5.74, 6) is 0.332. The van der Waals surface area contributed by atoms with Crippen LogP contribution in [0.4, 0.5) is 4.39 Å². The van der Waals surface area contributed by atoms with E-state index in [1.165, 1.54) is 22.7 Å². The summed E-state index contributed by atoms with van der Waals surface area (Å²) in [6, 6.07) is 10.9. The molecule has 0 fully saturated rings. The van der Waals surface area contributed by atoms with E-state index in [2.05, 4.69) is 16.3 Å². The number of halogens is 1. The van der Waals surface area contributed by atoms with Crippen molar-refractivity contribution < 1.29 is 9.18 Å². The van der Waals surface area contributed by atoms with Crippen LogP contribution >= 0.6 is 23.1 Å². The second-order valence-electron chi connectivity index (χ2n) is 5.33. The van der Waals surface area contributed by atoms with E-state index in [1.807, 2.05) is 25.5 Å². The van der Waals surface area contributed by atoms with Crippen LogP contribution < -0.4 is 5.32 Å². The van der Waals surface area contributed by atoms with Crippen molar-refractivity contribution in [2.75, 3.05) is 26.4 Å². The van der Waals surface area contributed by atoms with Crippen LogP contribution in [0, 0.1) is 5.82 Å². The standard InChI is InChI=1S/C17H21FN2OS2/c1-20(2)14(16-8-5-10-22-16)12-19-17(21)9-11-23-15-7-4-3-6-13(15)18/h3-8,10,14H,9,11-12H2,1-2H3,(H,19,21). The lowest BCUT2D eigenvalue weighted by Gasteiger charge is -2.23. The summed E-state index contributed by atoms with van der Waals surface area (Å²) in [5, 5.41) is 5.01. The van der Waals surface area contributed by atoms with Crippen LogP contribution in [0.2, 0.25) is 0 Å². The van der Waals surface area contributed by atoms with Gasteiger partial charge in [-0.25, -0.2) is 4.39 Å². The summed E-state index contributed by atoms with van der Waals surface area (Å²) in [4.78, 5) is 15.9. The SMILES string of the molecule is CN(C)C(CNC(=O)CCSc1ccccc1F)c1cccs1. The highest BCUT2D eigenvalue weighted by Gasteiger charge is 2.16. The first-order valence-corrected chi connectivity index (χ1v) is 9.28. The van der Waals surface area contributed by atoms with Gasteiger partial charge in [0.2, 0.25) is 5.91 Å². The lowest BCUT2D eigenvalue weighted by molar-refractivity contribution is -0.120. The van der Waals surface area contributed by atoms with Gasteiger partial charge in [-0.2, -0.15) is 0 Å². The number of hydrogen-bond acceptors (Lipinski definition) is 4. The van der Waals surface area contributed by atoms with Gasteiger partial charge in [0, 0.05) is 28.5 Å². The van der Waals surface area contributed by atoms with Crippen LogP contribution in [0.3, 0.4) is 0 Å². The van der Waals surface area contributed by atoms with Gasteiger partial charge in [0.1, 0.15) is 5.82 Å². The van der Waals surface area contributed by atoms with Gasteiger partial charge in [-0.15, -0.1) is 23.1 Å². The van der Waals surface area contributed by atoms with Crippen LogP contribution in [-0.4, -0.2) is 37.2 Å². The molecule has 1 atom stereocenters. The molecule has 0 aliphatic heterocycles. The maximum absolute atomic E-state index is 13.5. The number of nitrogens with zero attached hydrogens (tertiary/aromatic N) is 1. The molecule has 0 saturated heterocycles. The van der Waals surface area contributed by atoms with Crippen molar-refractivity contribution in [2.45, 2.75) is 17.4 Å². The van der Waals surface area contributed by atoms with Crippen LogP contribution in [-0.2, 0) is 4.79 Å². The Morgan fingerprint density at radius 1 is 1.30 bits per heavy atom. The molecule has 0 saturated carbocycles. The largest absolute Gasteiger partial charge is 0.354 e. The van der Waals surface area contributed by atoms with Crippen molar-refractivity contribution in [1.82, 2.24) is 10.2 Å². The van der Waals surface area contributed by atoms with Gasteiger partial charge >= 0.3 is 0 Å². The number of benzene rings is 1. The zero-order valence-corrected chi connectivity index (χ0v) is 14.9. The molecule has 0 bridgehead atoms. The normalized spacial score (nSPS) is 12.3. The zero-order valence-electron chi connectivity index (χ0n) is 13.3. The van der Waals surface area contributed by atoms with E-state index in [0.29, 0.717) is 23.6 Å². The van der Waals surface area contributed by atoms with Crippen molar-refractivity contribution in [1.29, 1.82) is 0 Å². The van der Waals surface area contributed by atoms with Gasteiger partial charge in [-0.05, 0) is 37.7 Å². The quantitative estimate of drug-likeness (QED) is 0.734. The van der Waals surface area contributed by atoms with Crippen LogP contribution in [0.5, 0.6) is 0 Å². The maximum atomic E-state index is 13.5. The number of thioether (sulfide) groups is 1. The molecule has 2 aromatic rings.